The lowest BCUT2D eigenvalue weighted by Gasteiger charge is -2.34. The van der Waals surface area contributed by atoms with Gasteiger partial charge in [0, 0.05) is 32.7 Å². The lowest BCUT2D eigenvalue weighted by Crippen LogP contribution is -2.50. The molecule has 1 fully saturated rings. The molecule has 2 aliphatic rings. The first kappa shape index (κ1) is 19.3. The van der Waals surface area contributed by atoms with Gasteiger partial charge in [0.25, 0.3) is 0 Å². The second kappa shape index (κ2) is 8.96. The van der Waals surface area contributed by atoms with Crippen molar-refractivity contribution in [1.29, 1.82) is 0 Å². The van der Waals surface area contributed by atoms with Gasteiger partial charge in [0.2, 0.25) is 18.6 Å². The van der Waals surface area contributed by atoms with Crippen molar-refractivity contribution in [3.05, 3.63) is 59.7 Å². The van der Waals surface area contributed by atoms with Crippen LogP contribution >= 0.6 is 0 Å². The van der Waals surface area contributed by atoms with E-state index in [1.165, 1.54) is 5.56 Å². The van der Waals surface area contributed by atoms with E-state index < -0.39 is 0 Å². The third-order valence-electron chi connectivity index (χ3n) is 5.21. The van der Waals surface area contributed by atoms with Crippen molar-refractivity contribution in [1.82, 2.24) is 15.1 Å². The van der Waals surface area contributed by atoms with Crippen LogP contribution < -0.4 is 14.8 Å². The van der Waals surface area contributed by atoms with Crippen LogP contribution in [0.1, 0.15) is 11.1 Å². The number of hydrogen-bond donors (Lipinski definition) is 1. The summed E-state index contributed by atoms with van der Waals surface area (Å²) in [4.78, 5) is 28.6. The first-order chi connectivity index (χ1) is 14.2. The van der Waals surface area contributed by atoms with Crippen molar-refractivity contribution >= 4 is 11.8 Å². The van der Waals surface area contributed by atoms with Crippen LogP contribution in [0.15, 0.2) is 48.5 Å². The Balaban J connectivity index is 1.19. The number of piperazine rings is 1. The van der Waals surface area contributed by atoms with Crippen molar-refractivity contribution in [3.8, 4) is 11.5 Å². The summed E-state index contributed by atoms with van der Waals surface area (Å²) in [5, 5.41) is 2.73. The van der Waals surface area contributed by atoms with E-state index in [9.17, 15) is 9.59 Å². The molecule has 1 N–H and O–H groups in total. The Kier molecular flexibility index (Phi) is 5.95. The molecule has 7 nitrogen and oxygen atoms in total. The summed E-state index contributed by atoms with van der Waals surface area (Å²) in [5.74, 6) is 1.42. The van der Waals surface area contributed by atoms with E-state index in [0.717, 1.165) is 36.7 Å². The highest BCUT2D eigenvalue weighted by atomic mass is 16.7. The third kappa shape index (κ3) is 5.06. The third-order valence-corrected chi connectivity index (χ3v) is 5.21. The predicted molar refractivity (Wildman–Crippen MR) is 108 cm³/mol. The lowest BCUT2D eigenvalue weighted by atomic mass is 10.1. The fourth-order valence-electron chi connectivity index (χ4n) is 3.58. The second-order valence-electron chi connectivity index (χ2n) is 7.28. The number of benzene rings is 2. The minimum absolute atomic E-state index is 0.0332. The molecule has 0 atom stereocenters. The van der Waals surface area contributed by atoms with E-state index in [1.807, 2.05) is 53.4 Å². The van der Waals surface area contributed by atoms with E-state index in [0.29, 0.717) is 13.1 Å². The molecule has 0 bridgehead atoms. The number of ether oxygens (including phenoxy) is 2. The minimum atomic E-state index is -0.133. The van der Waals surface area contributed by atoms with Gasteiger partial charge in [-0.05, 0) is 23.3 Å². The molecule has 7 heteroatoms. The summed E-state index contributed by atoms with van der Waals surface area (Å²) in [6.07, 6.45) is 0.289. The summed E-state index contributed by atoms with van der Waals surface area (Å²) in [7, 11) is 0. The molecule has 1 saturated heterocycles. The van der Waals surface area contributed by atoms with Gasteiger partial charge in [0.05, 0.1) is 13.0 Å². The maximum Gasteiger partial charge on any atom is 0.242 e. The van der Waals surface area contributed by atoms with Crippen LogP contribution in [0, 0.1) is 0 Å². The molecule has 0 radical (unpaired) electrons. The van der Waals surface area contributed by atoms with Crippen LogP contribution in [0.2, 0.25) is 0 Å². The molecule has 0 aromatic heterocycles. The fraction of sp³-hybridized carbons (Fsp3) is 0.364. The van der Waals surface area contributed by atoms with Gasteiger partial charge >= 0.3 is 0 Å². The summed E-state index contributed by atoms with van der Waals surface area (Å²) in [5.41, 5.74) is 2.11. The van der Waals surface area contributed by atoms with Gasteiger partial charge in [-0.2, -0.15) is 0 Å². The van der Waals surface area contributed by atoms with E-state index in [1.54, 1.807) is 0 Å². The van der Waals surface area contributed by atoms with E-state index >= 15 is 0 Å². The van der Waals surface area contributed by atoms with Crippen LogP contribution in [0.4, 0.5) is 0 Å². The molecular weight excluding hydrogens is 370 g/mol. The monoisotopic (exact) mass is 395 g/mol. The Bertz CT molecular complexity index is 864. The molecule has 0 spiro atoms. The summed E-state index contributed by atoms with van der Waals surface area (Å²) in [6, 6.07) is 15.5. The zero-order chi connectivity index (χ0) is 20.1. The largest absolute Gasteiger partial charge is 0.454 e. The molecule has 4 rings (SSSR count). The summed E-state index contributed by atoms with van der Waals surface area (Å²) in [6.45, 7) is 4.08. The van der Waals surface area contributed by atoms with Crippen LogP contribution in [-0.2, 0) is 22.6 Å². The van der Waals surface area contributed by atoms with Gasteiger partial charge in [-0.15, -0.1) is 0 Å². The van der Waals surface area contributed by atoms with Crippen molar-refractivity contribution in [3.63, 3.8) is 0 Å². The van der Waals surface area contributed by atoms with Crippen molar-refractivity contribution in [2.45, 2.75) is 13.0 Å². The normalized spacial score (nSPS) is 15.9. The average molecular weight is 395 g/mol. The molecule has 0 saturated carbocycles. The Hall–Kier alpha value is -3.06. The smallest absolute Gasteiger partial charge is 0.242 e. The lowest BCUT2D eigenvalue weighted by molar-refractivity contribution is -0.134. The number of hydrogen-bond acceptors (Lipinski definition) is 5. The Morgan fingerprint density at radius 1 is 0.897 bits per heavy atom. The summed E-state index contributed by atoms with van der Waals surface area (Å²) < 4.78 is 10.8. The molecular formula is C22H25N3O4. The molecule has 2 amide bonds. The highest BCUT2D eigenvalue weighted by Crippen LogP contribution is 2.32. The summed E-state index contributed by atoms with van der Waals surface area (Å²) >= 11 is 0. The number of amides is 2. The Morgan fingerprint density at radius 2 is 1.66 bits per heavy atom. The second-order valence-corrected chi connectivity index (χ2v) is 7.28. The standard InChI is InChI=1S/C22H25N3O4/c26-21(13-17-4-2-1-3-5-17)23-14-22(27)25-10-8-24(9-11-25)15-18-6-7-19-20(12-18)29-16-28-19/h1-7,12H,8-11,13-16H2,(H,23,26). The molecule has 2 aliphatic heterocycles. The molecule has 152 valence electrons. The highest BCUT2D eigenvalue weighted by molar-refractivity contribution is 5.85. The maximum atomic E-state index is 12.4. The van der Waals surface area contributed by atoms with Crippen molar-refractivity contribution < 1.29 is 19.1 Å². The zero-order valence-corrected chi connectivity index (χ0v) is 16.3. The number of nitrogens with one attached hydrogen (secondary N) is 1. The average Bonchev–Trinajstić information content (AvgIpc) is 3.21. The van der Waals surface area contributed by atoms with Gasteiger partial charge in [-0.3, -0.25) is 14.5 Å². The number of carbonyl (C=O) groups is 2. The van der Waals surface area contributed by atoms with E-state index in [-0.39, 0.29) is 31.6 Å². The van der Waals surface area contributed by atoms with Crippen LogP contribution in [0.5, 0.6) is 11.5 Å². The molecule has 29 heavy (non-hydrogen) atoms. The topological polar surface area (TPSA) is 71.1 Å². The van der Waals surface area contributed by atoms with Crippen LogP contribution in [-0.4, -0.2) is 61.1 Å². The predicted octanol–water partition coefficient (Wildman–Crippen LogP) is 1.42. The van der Waals surface area contributed by atoms with Gasteiger partial charge in [-0.1, -0.05) is 36.4 Å². The maximum absolute atomic E-state index is 12.4. The quantitative estimate of drug-likeness (QED) is 0.801. The number of nitrogens with zero attached hydrogens (tertiary/aromatic N) is 2. The highest BCUT2D eigenvalue weighted by Gasteiger charge is 2.22. The number of carbonyl (C=O) groups excluding carboxylic acids is 2. The Labute approximate surface area is 170 Å². The van der Waals surface area contributed by atoms with E-state index in [2.05, 4.69) is 10.2 Å². The van der Waals surface area contributed by atoms with Crippen LogP contribution in [0.25, 0.3) is 0 Å². The first-order valence-electron chi connectivity index (χ1n) is 9.87. The molecule has 2 aromatic carbocycles. The Morgan fingerprint density at radius 3 is 2.45 bits per heavy atom. The van der Waals surface area contributed by atoms with Gasteiger partial charge in [0.1, 0.15) is 0 Å². The SMILES string of the molecule is O=C(Cc1ccccc1)NCC(=O)N1CCN(Cc2ccc3c(c2)OCO3)CC1. The zero-order valence-electron chi connectivity index (χ0n) is 16.3. The number of rotatable bonds is 6. The van der Waals surface area contributed by atoms with E-state index in [4.69, 9.17) is 9.47 Å². The van der Waals surface area contributed by atoms with Gasteiger partial charge in [-0.25, -0.2) is 0 Å². The van der Waals surface area contributed by atoms with Crippen molar-refractivity contribution in [2.75, 3.05) is 39.5 Å². The number of fused-ring (bicyclic) bond motifs is 1. The molecule has 2 heterocycles. The first-order valence-corrected chi connectivity index (χ1v) is 9.87. The molecule has 0 aliphatic carbocycles. The molecule has 2 aromatic rings. The van der Waals surface area contributed by atoms with Crippen molar-refractivity contribution in [2.24, 2.45) is 0 Å². The van der Waals surface area contributed by atoms with Gasteiger partial charge in [0.15, 0.2) is 11.5 Å². The fourth-order valence-corrected chi connectivity index (χ4v) is 3.58. The van der Waals surface area contributed by atoms with Gasteiger partial charge < -0.3 is 19.7 Å². The molecule has 0 unspecified atom stereocenters. The minimum Gasteiger partial charge on any atom is -0.454 e. The van der Waals surface area contributed by atoms with Crippen LogP contribution in [0.3, 0.4) is 0 Å².